The Balaban J connectivity index is 0.000000145. The fourth-order valence-electron chi connectivity index (χ4n) is 13.0. The van der Waals surface area contributed by atoms with Gasteiger partial charge in [0.05, 0.1) is 103 Å². The average Bonchev–Trinajstić information content (AvgIpc) is 0.941. The summed E-state index contributed by atoms with van der Waals surface area (Å²) >= 11 is 5.67. The van der Waals surface area contributed by atoms with Gasteiger partial charge in [-0.25, -0.2) is 15.0 Å². The van der Waals surface area contributed by atoms with Gasteiger partial charge in [-0.3, -0.25) is 29.5 Å². The molecule has 578 valence electrons. The molecular formula is C81H76ClF9N18O3. The lowest BCUT2D eigenvalue weighted by molar-refractivity contribution is -0.138. The maximum absolute atomic E-state index is 13.8. The number of hydrogen-bond acceptors (Lipinski definition) is 17. The molecule has 13 N–H and O–H groups in total. The summed E-state index contributed by atoms with van der Waals surface area (Å²) in [5.74, 6) is -0.792. The van der Waals surface area contributed by atoms with Crippen molar-refractivity contribution < 1.29 is 53.9 Å². The van der Waals surface area contributed by atoms with E-state index in [2.05, 4.69) is 96.5 Å². The summed E-state index contributed by atoms with van der Waals surface area (Å²) in [6, 6.07) is 40.1. The molecule has 21 nitrogen and oxygen atoms in total. The Morgan fingerprint density at radius 3 is 1.31 bits per heavy atom. The molecule has 0 atom stereocenters. The van der Waals surface area contributed by atoms with E-state index in [0.717, 1.165) is 120 Å². The van der Waals surface area contributed by atoms with Crippen molar-refractivity contribution in [3.63, 3.8) is 0 Å². The number of nitrogens with two attached hydrogens (primary N) is 1. The van der Waals surface area contributed by atoms with E-state index in [1.807, 2.05) is 54.6 Å². The number of fused-ring (bicyclic) bond motifs is 3. The van der Waals surface area contributed by atoms with Crippen LogP contribution in [-0.2, 0) is 31.6 Å². The van der Waals surface area contributed by atoms with Crippen molar-refractivity contribution in [1.82, 2.24) is 51.7 Å². The number of aromatic nitrogens is 5. The molecule has 0 radical (unpaired) electrons. The molecule has 0 bridgehead atoms. The molecule has 1 aliphatic carbocycles. The van der Waals surface area contributed by atoms with Crippen molar-refractivity contribution in [2.75, 3.05) is 79.6 Å². The number of rotatable bonds is 16. The zero-order valence-electron chi connectivity index (χ0n) is 60.6. The van der Waals surface area contributed by atoms with Crippen LogP contribution in [0.3, 0.4) is 0 Å². The molecule has 8 heterocycles. The number of para-hydroxylation sites is 3. The number of aromatic amines is 1. The monoisotopic (exact) mass is 1550 g/mol. The minimum Gasteiger partial charge on any atom is -0.399 e. The lowest BCUT2D eigenvalue weighted by Gasteiger charge is -2.18. The molecule has 10 aromatic rings. The summed E-state index contributed by atoms with van der Waals surface area (Å²) in [5.41, 5.74) is 17.9. The molecule has 0 spiro atoms. The quantitative estimate of drug-likeness (QED) is 0.0243. The van der Waals surface area contributed by atoms with Crippen LogP contribution in [0.25, 0.3) is 16.5 Å². The van der Waals surface area contributed by atoms with E-state index in [4.69, 9.17) is 27.3 Å². The normalized spacial score (nSPS) is 14.4. The van der Waals surface area contributed by atoms with Crippen LogP contribution in [0.5, 0.6) is 0 Å². The van der Waals surface area contributed by atoms with E-state index < -0.39 is 52.9 Å². The van der Waals surface area contributed by atoms with Crippen LogP contribution in [-0.4, -0.2) is 102 Å². The Morgan fingerprint density at radius 1 is 0.464 bits per heavy atom. The lowest BCUT2D eigenvalue weighted by Crippen LogP contribution is -2.23. The molecule has 5 aliphatic rings. The van der Waals surface area contributed by atoms with E-state index in [0.29, 0.717) is 30.7 Å². The predicted octanol–water partition coefficient (Wildman–Crippen LogP) is 17.3. The second-order valence-electron chi connectivity index (χ2n) is 26.1. The van der Waals surface area contributed by atoms with Crippen molar-refractivity contribution in [1.29, 1.82) is 0 Å². The summed E-state index contributed by atoms with van der Waals surface area (Å²) in [6.45, 7) is 4.60. The number of nitrogens with one attached hydrogen (secondary N) is 11. The van der Waals surface area contributed by atoms with Crippen molar-refractivity contribution in [2.45, 2.75) is 70.1 Å². The number of amides is 3. The van der Waals surface area contributed by atoms with Crippen molar-refractivity contribution in [3.05, 3.63) is 260 Å². The van der Waals surface area contributed by atoms with E-state index in [1.54, 1.807) is 48.5 Å². The number of nitrogen functional groups attached to an aromatic ring is 1. The zero-order chi connectivity index (χ0) is 79.3. The fourth-order valence-corrected chi connectivity index (χ4v) is 13.2. The molecule has 3 amide bonds. The minimum absolute atomic E-state index is 0.0899. The van der Waals surface area contributed by atoms with E-state index in [9.17, 15) is 53.9 Å². The molecule has 31 heteroatoms. The molecule has 15 rings (SSSR count). The highest BCUT2D eigenvalue weighted by molar-refractivity contribution is 6.29. The molecule has 0 unspecified atom stereocenters. The first-order valence-corrected chi connectivity index (χ1v) is 36.0. The van der Waals surface area contributed by atoms with Gasteiger partial charge < -0.3 is 58.9 Å². The second-order valence-corrected chi connectivity index (χ2v) is 26.5. The number of benzene rings is 6. The van der Waals surface area contributed by atoms with Crippen LogP contribution in [0.2, 0.25) is 5.15 Å². The molecule has 0 fully saturated rings. The highest BCUT2D eigenvalue weighted by Gasteiger charge is 2.38. The SMILES string of the molecule is CNC(=O)c1ccccc1Nc1cc(Cl)ncc1C(F)(F)F.CNC(=O)c1ccccc1Nc1cc(Nc2ccc3c(c2)C(C2=CCNCC2)=NC3)ncc1C(F)(F)F.CNC(=O)c1ccccc1Nc1cc(Nc2ccc3c(c2)C(C2=CCNCC2)=NC3)ncc1C(F)(F)F.Nc1ccc2[nH]nc(C3=CCCCC3)c2c1. The Kier molecular flexibility index (Phi) is 24.8. The van der Waals surface area contributed by atoms with Gasteiger partial charge in [-0.05, 0) is 164 Å². The van der Waals surface area contributed by atoms with Gasteiger partial charge >= 0.3 is 18.5 Å². The van der Waals surface area contributed by atoms with E-state index in [-0.39, 0.29) is 67.6 Å². The second kappa shape index (κ2) is 35.1. The molecular weight excluding hydrogens is 1480 g/mol. The van der Waals surface area contributed by atoms with Crippen molar-refractivity contribution >= 4 is 120 Å². The van der Waals surface area contributed by atoms with Crippen molar-refractivity contribution in [3.8, 4) is 0 Å². The van der Waals surface area contributed by atoms with Gasteiger partial charge in [0, 0.05) is 98.5 Å². The Hall–Kier alpha value is -12.4. The number of nitrogens with zero attached hydrogens (tertiary/aromatic N) is 6. The average molecular weight is 1560 g/mol. The van der Waals surface area contributed by atoms with Crippen LogP contribution in [0, 0.1) is 0 Å². The van der Waals surface area contributed by atoms with Gasteiger partial charge in [-0.15, -0.1) is 0 Å². The number of allylic oxidation sites excluding steroid dienone is 2. The number of aliphatic imine (C=N–C) groups is 2. The number of alkyl halides is 9. The third-order valence-electron chi connectivity index (χ3n) is 18.6. The zero-order valence-corrected chi connectivity index (χ0v) is 61.3. The van der Waals surface area contributed by atoms with Gasteiger partial charge in [0.1, 0.15) is 16.8 Å². The molecule has 4 aliphatic heterocycles. The summed E-state index contributed by atoms with van der Waals surface area (Å²) in [7, 11) is 4.36. The topological polar surface area (TPSA) is 290 Å². The number of carbonyl (C=O) groups excluding carboxylic acids is 3. The lowest BCUT2D eigenvalue weighted by atomic mass is 9.95. The third-order valence-corrected chi connectivity index (χ3v) is 18.8. The largest absolute Gasteiger partial charge is 0.419 e. The number of hydrogen-bond donors (Lipinski definition) is 12. The molecule has 6 aromatic carbocycles. The maximum atomic E-state index is 13.8. The molecule has 4 aromatic heterocycles. The predicted molar refractivity (Wildman–Crippen MR) is 420 cm³/mol. The van der Waals surface area contributed by atoms with Crippen LogP contribution in [0.15, 0.2) is 204 Å². The molecule has 0 saturated heterocycles. The number of anilines is 11. The number of carbonyl (C=O) groups is 3. The van der Waals surface area contributed by atoms with Crippen LogP contribution in [0.4, 0.5) is 102 Å². The first kappa shape index (κ1) is 79.1. The summed E-state index contributed by atoms with van der Waals surface area (Å²) in [5, 5.41) is 37.0. The number of H-pyrrole nitrogens is 1. The number of pyridine rings is 3. The van der Waals surface area contributed by atoms with Crippen LogP contribution in [0.1, 0.15) is 114 Å². The van der Waals surface area contributed by atoms with Gasteiger partial charge in [0.15, 0.2) is 0 Å². The van der Waals surface area contributed by atoms with Gasteiger partial charge in [-0.2, -0.15) is 44.6 Å². The highest BCUT2D eigenvalue weighted by atomic mass is 35.5. The van der Waals surface area contributed by atoms with Gasteiger partial charge in [0.2, 0.25) is 0 Å². The molecule has 112 heavy (non-hydrogen) atoms. The number of halogens is 10. The first-order chi connectivity index (χ1) is 53.8. The standard InChI is InChI=1S/2C27H25F3N6O.C14H11ClF3N3O.C13H15N3/c2*1-31-26(37)19-4-2-3-5-22(19)36-23-13-24(33-15-21(23)27(28,29)30)35-18-7-6-17-14-34-25(20(17)12-18)16-8-10-32-11-9-16;1-19-13(22)8-4-2-3-5-10(8)21-11-6-12(15)20-7-9(11)14(16,17)18;14-10-6-7-12-11(8-10)13(16-15-12)9-4-2-1-3-5-9/h2*2-8,12-13,15,32H,9-11,14H2,1H3,(H,31,37)(H2,33,35,36);2-7H,1H3,(H,19,22)(H,20,21);4,6-8H,1-3,5,14H2,(H,15,16). The summed E-state index contributed by atoms with van der Waals surface area (Å²) in [6.07, 6.45) is 1.59. The minimum atomic E-state index is -4.64. The first-order valence-electron chi connectivity index (χ1n) is 35.6. The summed E-state index contributed by atoms with van der Waals surface area (Å²) in [4.78, 5) is 57.1. The summed E-state index contributed by atoms with van der Waals surface area (Å²) < 4.78 is 122. The Labute approximate surface area is 642 Å². The smallest absolute Gasteiger partial charge is 0.399 e. The van der Waals surface area contributed by atoms with Crippen LogP contribution < -0.4 is 58.9 Å². The van der Waals surface area contributed by atoms with E-state index >= 15 is 0 Å². The maximum Gasteiger partial charge on any atom is 0.419 e. The van der Waals surface area contributed by atoms with Gasteiger partial charge in [-0.1, -0.05) is 78.4 Å². The van der Waals surface area contributed by atoms with Crippen LogP contribution >= 0.6 is 11.6 Å². The molecule has 0 saturated carbocycles. The van der Waals surface area contributed by atoms with E-state index in [1.165, 1.54) is 93.5 Å². The van der Waals surface area contributed by atoms with Gasteiger partial charge in [0.25, 0.3) is 17.7 Å². The Morgan fingerprint density at radius 2 is 0.902 bits per heavy atom. The highest BCUT2D eigenvalue weighted by Crippen LogP contribution is 2.42. The fraction of sp³-hybridized carbons (Fsp3) is 0.222. The Bertz CT molecular complexity index is 5130. The third kappa shape index (κ3) is 19.2. The van der Waals surface area contributed by atoms with Crippen molar-refractivity contribution in [2.24, 2.45) is 9.98 Å².